The number of aromatic amines is 1. The Morgan fingerprint density at radius 2 is 2.08 bits per heavy atom. The largest absolute Gasteiger partial charge is 0.497 e. The van der Waals surface area contributed by atoms with Crippen LogP contribution in [0.3, 0.4) is 0 Å². The van der Waals surface area contributed by atoms with E-state index in [1.54, 1.807) is 7.11 Å². The van der Waals surface area contributed by atoms with Gasteiger partial charge >= 0.3 is 0 Å². The van der Waals surface area contributed by atoms with Crippen molar-refractivity contribution in [3.8, 4) is 5.75 Å². The summed E-state index contributed by atoms with van der Waals surface area (Å²) in [6.45, 7) is 3.03. The Labute approximate surface area is 141 Å². The minimum absolute atomic E-state index is 0.441. The number of nitrogens with one attached hydrogen (secondary N) is 2. The molecule has 124 valence electrons. The van der Waals surface area contributed by atoms with Crippen LogP contribution in [0.4, 0.5) is 5.69 Å². The third kappa shape index (κ3) is 2.95. The van der Waals surface area contributed by atoms with Crippen LogP contribution >= 0.6 is 0 Å². The highest BCUT2D eigenvalue weighted by atomic mass is 16.5. The molecule has 0 radical (unpaired) electrons. The molecule has 1 saturated heterocycles. The zero-order valence-electron chi connectivity index (χ0n) is 13.8. The second kappa shape index (κ2) is 6.53. The van der Waals surface area contributed by atoms with Gasteiger partial charge < -0.3 is 15.0 Å². The summed E-state index contributed by atoms with van der Waals surface area (Å²) in [5, 5.41) is 11.8. The second-order valence-corrected chi connectivity index (χ2v) is 6.25. The van der Waals surface area contributed by atoms with Crippen molar-refractivity contribution in [3.63, 3.8) is 0 Å². The van der Waals surface area contributed by atoms with Gasteiger partial charge in [-0.25, -0.2) is 0 Å². The fraction of sp³-hybridized carbons (Fsp3) is 0.316. The fourth-order valence-corrected chi connectivity index (χ4v) is 3.43. The predicted molar refractivity (Wildman–Crippen MR) is 96.8 cm³/mol. The molecule has 1 aliphatic rings. The van der Waals surface area contributed by atoms with E-state index in [0.717, 1.165) is 42.7 Å². The van der Waals surface area contributed by atoms with Gasteiger partial charge in [0.2, 0.25) is 0 Å². The van der Waals surface area contributed by atoms with E-state index >= 15 is 0 Å². The van der Waals surface area contributed by atoms with Crippen molar-refractivity contribution < 1.29 is 4.74 Å². The summed E-state index contributed by atoms with van der Waals surface area (Å²) in [5.41, 5.74) is 3.68. The fourth-order valence-electron chi connectivity index (χ4n) is 3.43. The Morgan fingerprint density at radius 1 is 1.21 bits per heavy atom. The van der Waals surface area contributed by atoms with Crippen LogP contribution in [0.1, 0.15) is 5.56 Å². The van der Waals surface area contributed by atoms with Crippen molar-refractivity contribution in [3.05, 3.63) is 54.2 Å². The van der Waals surface area contributed by atoms with Gasteiger partial charge in [0.05, 0.1) is 18.8 Å². The molecule has 0 unspecified atom stereocenters. The number of methoxy groups -OCH3 is 1. The lowest BCUT2D eigenvalue weighted by atomic mass is 10.0. The lowest BCUT2D eigenvalue weighted by Crippen LogP contribution is -2.52. The Kier molecular flexibility index (Phi) is 4.09. The van der Waals surface area contributed by atoms with Gasteiger partial charge in [0.15, 0.2) is 0 Å². The van der Waals surface area contributed by atoms with E-state index in [1.807, 2.05) is 18.3 Å². The number of anilines is 1. The number of rotatable bonds is 4. The first-order valence-electron chi connectivity index (χ1n) is 8.37. The molecule has 0 amide bonds. The van der Waals surface area contributed by atoms with Gasteiger partial charge in [-0.05, 0) is 42.3 Å². The van der Waals surface area contributed by atoms with Crippen LogP contribution in [-0.2, 0) is 6.42 Å². The van der Waals surface area contributed by atoms with Crippen molar-refractivity contribution >= 4 is 16.6 Å². The summed E-state index contributed by atoms with van der Waals surface area (Å²) in [4.78, 5) is 2.51. The van der Waals surface area contributed by atoms with E-state index in [1.165, 1.54) is 11.3 Å². The molecular weight excluding hydrogens is 300 g/mol. The molecule has 1 atom stereocenters. The molecule has 1 aromatic heterocycles. The van der Waals surface area contributed by atoms with Gasteiger partial charge in [-0.2, -0.15) is 5.10 Å². The van der Waals surface area contributed by atoms with Crippen LogP contribution < -0.4 is 15.0 Å². The van der Waals surface area contributed by atoms with Gasteiger partial charge in [0.1, 0.15) is 5.75 Å². The smallest absolute Gasteiger partial charge is 0.118 e. The lowest BCUT2D eigenvalue weighted by molar-refractivity contribution is 0.414. The summed E-state index contributed by atoms with van der Waals surface area (Å²) >= 11 is 0. The molecule has 1 fully saturated rings. The van der Waals surface area contributed by atoms with E-state index in [0.29, 0.717) is 6.04 Å². The van der Waals surface area contributed by atoms with Crippen LogP contribution in [0.5, 0.6) is 5.75 Å². The minimum Gasteiger partial charge on any atom is -0.497 e. The molecule has 5 nitrogen and oxygen atoms in total. The van der Waals surface area contributed by atoms with E-state index in [-0.39, 0.29) is 0 Å². The number of hydrogen-bond acceptors (Lipinski definition) is 4. The van der Waals surface area contributed by atoms with Crippen LogP contribution in [0.15, 0.2) is 48.7 Å². The van der Waals surface area contributed by atoms with Crippen molar-refractivity contribution in [2.45, 2.75) is 12.5 Å². The first kappa shape index (κ1) is 15.0. The van der Waals surface area contributed by atoms with E-state index < -0.39 is 0 Å². The monoisotopic (exact) mass is 322 g/mol. The predicted octanol–water partition coefficient (Wildman–Crippen LogP) is 2.59. The first-order chi connectivity index (χ1) is 11.8. The number of H-pyrrole nitrogens is 1. The molecule has 0 spiro atoms. The molecule has 24 heavy (non-hydrogen) atoms. The average Bonchev–Trinajstić information content (AvgIpc) is 3.10. The van der Waals surface area contributed by atoms with E-state index in [9.17, 15) is 0 Å². The van der Waals surface area contributed by atoms with Gasteiger partial charge in [-0.15, -0.1) is 0 Å². The Bertz CT molecular complexity index is 812. The number of hydrogen-bond donors (Lipinski definition) is 2. The third-order valence-electron chi connectivity index (χ3n) is 4.74. The van der Waals surface area contributed by atoms with Crippen molar-refractivity contribution in [2.75, 3.05) is 31.6 Å². The zero-order chi connectivity index (χ0) is 16.4. The van der Waals surface area contributed by atoms with Gasteiger partial charge in [-0.1, -0.05) is 12.1 Å². The van der Waals surface area contributed by atoms with Crippen LogP contribution in [0.2, 0.25) is 0 Å². The van der Waals surface area contributed by atoms with Gasteiger partial charge in [0, 0.05) is 36.7 Å². The normalized spacial score (nSPS) is 18.0. The topological polar surface area (TPSA) is 53.2 Å². The summed E-state index contributed by atoms with van der Waals surface area (Å²) in [6, 6.07) is 15.4. The maximum absolute atomic E-state index is 5.25. The molecule has 2 aromatic carbocycles. The zero-order valence-corrected chi connectivity index (χ0v) is 13.8. The summed E-state index contributed by atoms with van der Waals surface area (Å²) in [6.07, 6.45) is 2.90. The van der Waals surface area contributed by atoms with Crippen LogP contribution in [0, 0.1) is 0 Å². The number of benzene rings is 2. The van der Waals surface area contributed by atoms with Crippen molar-refractivity contribution in [2.24, 2.45) is 0 Å². The second-order valence-electron chi connectivity index (χ2n) is 6.25. The minimum atomic E-state index is 0.441. The molecular formula is C19H22N4O. The summed E-state index contributed by atoms with van der Waals surface area (Å²) < 4.78 is 5.25. The highest BCUT2D eigenvalue weighted by Gasteiger charge is 2.23. The molecule has 5 heteroatoms. The number of piperazine rings is 1. The quantitative estimate of drug-likeness (QED) is 0.775. The molecule has 4 rings (SSSR count). The Hall–Kier alpha value is -2.53. The number of fused-ring (bicyclic) bond motifs is 1. The van der Waals surface area contributed by atoms with Crippen molar-refractivity contribution in [1.29, 1.82) is 0 Å². The molecule has 0 aliphatic carbocycles. The third-order valence-corrected chi connectivity index (χ3v) is 4.74. The lowest BCUT2D eigenvalue weighted by Gasteiger charge is -2.38. The first-order valence-corrected chi connectivity index (χ1v) is 8.37. The maximum atomic E-state index is 5.25. The molecule has 2 heterocycles. The van der Waals surface area contributed by atoms with E-state index in [2.05, 4.69) is 50.7 Å². The van der Waals surface area contributed by atoms with Crippen LogP contribution in [0.25, 0.3) is 10.9 Å². The van der Waals surface area contributed by atoms with Crippen LogP contribution in [-0.4, -0.2) is 43.0 Å². The molecule has 0 saturated carbocycles. The van der Waals surface area contributed by atoms with E-state index in [4.69, 9.17) is 4.74 Å². The molecule has 3 aromatic rings. The number of aromatic nitrogens is 2. The highest BCUT2D eigenvalue weighted by molar-refractivity contribution is 5.82. The van der Waals surface area contributed by atoms with Crippen molar-refractivity contribution in [1.82, 2.24) is 15.5 Å². The summed E-state index contributed by atoms with van der Waals surface area (Å²) in [5.74, 6) is 0.905. The number of nitrogens with zero attached hydrogens (tertiary/aromatic N) is 2. The average molecular weight is 322 g/mol. The molecule has 2 N–H and O–H groups in total. The molecule has 1 aliphatic heterocycles. The SMILES string of the molecule is COc1ccc(C[C@H]2CNCCN2c2ccc3[nH]ncc3c2)cc1. The molecule has 0 bridgehead atoms. The Morgan fingerprint density at radius 3 is 2.92 bits per heavy atom. The van der Waals surface area contributed by atoms with Gasteiger partial charge in [-0.3, -0.25) is 5.10 Å². The Balaban J connectivity index is 1.57. The highest BCUT2D eigenvalue weighted by Crippen LogP contribution is 2.25. The van der Waals surface area contributed by atoms with Gasteiger partial charge in [0.25, 0.3) is 0 Å². The summed E-state index contributed by atoms with van der Waals surface area (Å²) in [7, 11) is 1.70. The maximum Gasteiger partial charge on any atom is 0.118 e. The standard InChI is InChI=1S/C19H22N4O/c1-24-18-5-2-14(3-6-18)10-17-13-20-8-9-23(17)16-4-7-19-15(11-16)12-21-22-19/h2-7,11-12,17,20H,8-10,13H2,1H3,(H,21,22)/t17-/m0/s1. The number of ether oxygens (including phenoxy) is 1.